The van der Waals surface area contributed by atoms with E-state index in [2.05, 4.69) is 49.7 Å². The van der Waals surface area contributed by atoms with Gasteiger partial charge in [-0.25, -0.2) is 0 Å². The molecule has 0 spiro atoms. The number of hydrogen-bond acceptors (Lipinski definition) is 3. The van der Waals surface area contributed by atoms with E-state index in [1.54, 1.807) is 0 Å². The van der Waals surface area contributed by atoms with Crippen LogP contribution in [0.5, 0.6) is 0 Å². The zero-order valence-corrected chi connectivity index (χ0v) is 13.8. The molecule has 2 heterocycles. The lowest BCUT2D eigenvalue weighted by atomic mass is 9.77. The van der Waals surface area contributed by atoms with Gasteiger partial charge in [0.2, 0.25) is 5.91 Å². The van der Waals surface area contributed by atoms with Gasteiger partial charge in [0.1, 0.15) is 0 Å². The van der Waals surface area contributed by atoms with Crippen LogP contribution in [-0.2, 0) is 4.79 Å². The molecule has 0 bridgehead atoms. The lowest BCUT2D eigenvalue weighted by molar-refractivity contribution is -0.140. The van der Waals surface area contributed by atoms with Gasteiger partial charge in [-0.2, -0.15) is 0 Å². The zero-order chi connectivity index (χ0) is 15.0. The van der Waals surface area contributed by atoms with Crippen LogP contribution in [0.3, 0.4) is 0 Å². The minimum absolute atomic E-state index is 0.00237. The SMILES string of the molecule is CC1(C)CCCNC1C(=O)N1CCN(C(C)(C)C)CC1. The van der Waals surface area contributed by atoms with Crippen molar-refractivity contribution < 1.29 is 4.79 Å². The maximum absolute atomic E-state index is 12.8. The summed E-state index contributed by atoms with van der Waals surface area (Å²) in [4.78, 5) is 17.3. The molecular weight excluding hydrogens is 250 g/mol. The van der Waals surface area contributed by atoms with E-state index in [0.29, 0.717) is 5.91 Å². The average Bonchev–Trinajstić information content (AvgIpc) is 2.36. The summed E-state index contributed by atoms with van der Waals surface area (Å²) in [5, 5.41) is 3.44. The molecule has 116 valence electrons. The quantitative estimate of drug-likeness (QED) is 0.795. The number of amides is 1. The molecular formula is C16H31N3O. The van der Waals surface area contributed by atoms with Gasteiger partial charge in [0.25, 0.3) is 0 Å². The first-order chi connectivity index (χ1) is 9.22. The fourth-order valence-electron chi connectivity index (χ4n) is 3.41. The largest absolute Gasteiger partial charge is 0.339 e. The first kappa shape index (κ1) is 15.8. The van der Waals surface area contributed by atoms with E-state index in [1.165, 1.54) is 6.42 Å². The van der Waals surface area contributed by atoms with Crippen LogP contribution in [0, 0.1) is 5.41 Å². The smallest absolute Gasteiger partial charge is 0.240 e. The van der Waals surface area contributed by atoms with Crippen LogP contribution >= 0.6 is 0 Å². The van der Waals surface area contributed by atoms with E-state index in [0.717, 1.165) is 39.1 Å². The molecule has 1 atom stereocenters. The molecule has 0 aromatic rings. The second-order valence-electron chi connectivity index (χ2n) is 7.96. The van der Waals surface area contributed by atoms with E-state index >= 15 is 0 Å². The van der Waals surface area contributed by atoms with Crippen LogP contribution in [-0.4, -0.2) is 60.0 Å². The normalized spacial score (nSPS) is 28.4. The molecule has 2 fully saturated rings. The van der Waals surface area contributed by atoms with Crippen molar-refractivity contribution in [3.05, 3.63) is 0 Å². The molecule has 1 N–H and O–H groups in total. The van der Waals surface area contributed by atoms with Gasteiger partial charge in [0, 0.05) is 31.7 Å². The number of nitrogens with zero attached hydrogens (tertiary/aromatic N) is 2. The van der Waals surface area contributed by atoms with Gasteiger partial charge in [-0.05, 0) is 45.6 Å². The molecule has 2 saturated heterocycles. The monoisotopic (exact) mass is 281 g/mol. The topological polar surface area (TPSA) is 35.6 Å². The molecule has 1 unspecified atom stereocenters. The van der Waals surface area contributed by atoms with Crippen molar-refractivity contribution in [3.63, 3.8) is 0 Å². The van der Waals surface area contributed by atoms with Gasteiger partial charge in [-0.15, -0.1) is 0 Å². The van der Waals surface area contributed by atoms with Gasteiger partial charge < -0.3 is 10.2 Å². The second-order valence-corrected chi connectivity index (χ2v) is 7.96. The Kier molecular flexibility index (Phi) is 4.45. The number of carbonyl (C=O) groups excluding carboxylic acids is 1. The second kappa shape index (κ2) is 5.64. The van der Waals surface area contributed by atoms with Crippen molar-refractivity contribution in [2.75, 3.05) is 32.7 Å². The van der Waals surface area contributed by atoms with E-state index in [-0.39, 0.29) is 17.0 Å². The van der Waals surface area contributed by atoms with Gasteiger partial charge in [-0.3, -0.25) is 9.69 Å². The Bertz CT molecular complexity index is 351. The van der Waals surface area contributed by atoms with Crippen LogP contribution in [0.4, 0.5) is 0 Å². The Hall–Kier alpha value is -0.610. The Morgan fingerprint density at radius 1 is 1.15 bits per heavy atom. The number of nitrogens with one attached hydrogen (secondary N) is 1. The molecule has 2 aliphatic rings. The summed E-state index contributed by atoms with van der Waals surface area (Å²) in [7, 11) is 0. The molecule has 2 aliphatic heterocycles. The summed E-state index contributed by atoms with van der Waals surface area (Å²) in [6.07, 6.45) is 2.31. The molecule has 0 aliphatic carbocycles. The molecule has 20 heavy (non-hydrogen) atoms. The average molecular weight is 281 g/mol. The van der Waals surface area contributed by atoms with Crippen molar-refractivity contribution in [1.29, 1.82) is 0 Å². The third-order valence-electron chi connectivity index (χ3n) is 4.91. The van der Waals surface area contributed by atoms with Crippen molar-refractivity contribution in [2.45, 2.75) is 59.0 Å². The highest BCUT2D eigenvalue weighted by atomic mass is 16.2. The highest BCUT2D eigenvalue weighted by Crippen LogP contribution is 2.31. The third kappa shape index (κ3) is 3.34. The van der Waals surface area contributed by atoms with Crippen LogP contribution in [0.15, 0.2) is 0 Å². The Labute approximate surface area is 123 Å². The van der Waals surface area contributed by atoms with E-state index in [4.69, 9.17) is 0 Å². The standard InChI is InChI=1S/C16H31N3O/c1-15(2,3)19-11-9-18(10-12-19)14(20)13-16(4,5)7-6-8-17-13/h13,17H,6-12H2,1-5H3. The lowest BCUT2D eigenvalue weighted by Crippen LogP contribution is -2.61. The number of piperidine rings is 1. The summed E-state index contributed by atoms with van der Waals surface area (Å²) >= 11 is 0. The Balaban J connectivity index is 1.95. The van der Waals surface area contributed by atoms with Crippen LogP contribution < -0.4 is 5.32 Å². The number of carbonyl (C=O) groups is 1. The van der Waals surface area contributed by atoms with E-state index in [1.807, 2.05) is 0 Å². The maximum atomic E-state index is 12.8. The summed E-state index contributed by atoms with van der Waals surface area (Å²) in [6, 6.07) is -0.00237. The number of rotatable bonds is 1. The first-order valence-corrected chi connectivity index (χ1v) is 7.99. The first-order valence-electron chi connectivity index (χ1n) is 7.99. The molecule has 0 saturated carbocycles. The van der Waals surface area contributed by atoms with Gasteiger partial charge in [0.05, 0.1) is 6.04 Å². The Morgan fingerprint density at radius 3 is 2.25 bits per heavy atom. The lowest BCUT2D eigenvalue weighted by Gasteiger charge is -2.45. The van der Waals surface area contributed by atoms with Gasteiger partial charge in [0.15, 0.2) is 0 Å². The molecule has 4 heteroatoms. The molecule has 1 amide bonds. The van der Waals surface area contributed by atoms with E-state index < -0.39 is 0 Å². The highest BCUT2D eigenvalue weighted by molar-refractivity contribution is 5.83. The third-order valence-corrected chi connectivity index (χ3v) is 4.91. The summed E-state index contributed by atoms with van der Waals surface area (Å²) < 4.78 is 0. The fourth-order valence-corrected chi connectivity index (χ4v) is 3.41. The van der Waals surface area contributed by atoms with E-state index in [9.17, 15) is 4.79 Å². The predicted octanol–water partition coefficient (Wildman–Crippen LogP) is 1.71. The number of piperazine rings is 1. The maximum Gasteiger partial charge on any atom is 0.240 e. The minimum Gasteiger partial charge on any atom is -0.339 e. The van der Waals surface area contributed by atoms with Crippen LogP contribution in [0.1, 0.15) is 47.5 Å². The molecule has 0 radical (unpaired) electrons. The van der Waals surface area contributed by atoms with Crippen LogP contribution in [0.25, 0.3) is 0 Å². The fraction of sp³-hybridized carbons (Fsp3) is 0.938. The van der Waals surface area contributed by atoms with Crippen molar-refractivity contribution >= 4 is 5.91 Å². The van der Waals surface area contributed by atoms with Crippen LogP contribution in [0.2, 0.25) is 0 Å². The zero-order valence-electron chi connectivity index (χ0n) is 13.8. The van der Waals surface area contributed by atoms with Gasteiger partial charge >= 0.3 is 0 Å². The summed E-state index contributed by atoms with van der Waals surface area (Å²) in [5.74, 6) is 0.309. The Morgan fingerprint density at radius 2 is 1.75 bits per heavy atom. The molecule has 4 nitrogen and oxygen atoms in total. The minimum atomic E-state index is -0.00237. The van der Waals surface area contributed by atoms with Gasteiger partial charge in [-0.1, -0.05) is 13.8 Å². The number of hydrogen-bond donors (Lipinski definition) is 1. The summed E-state index contributed by atoms with van der Waals surface area (Å²) in [5.41, 5.74) is 0.286. The highest BCUT2D eigenvalue weighted by Gasteiger charge is 2.40. The van der Waals surface area contributed by atoms with Crippen molar-refractivity contribution in [1.82, 2.24) is 15.1 Å². The predicted molar refractivity (Wildman–Crippen MR) is 82.7 cm³/mol. The van der Waals surface area contributed by atoms with Crippen molar-refractivity contribution in [2.24, 2.45) is 5.41 Å². The van der Waals surface area contributed by atoms with Crippen molar-refractivity contribution in [3.8, 4) is 0 Å². The molecule has 0 aromatic heterocycles. The molecule has 0 aromatic carbocycles. The summed E-state index contributed by atoms with van der Waals surface area (Å²) in [6.45, 7) is 15.9. The molecule has 2 rings (SSSR count).